The zero-order valence-electron chi connectivity index (χ0n) is 16.8. The maximum absolute atomic E-state index is 12.4. The Morgan fingerprint density at radius 1 is 0.710 bits per heavy atom. The van der Waals surface area contributed by atoms with Crippen LogP contribution in [0, 0.1) is 13.8 Å². The lowest BCUT2D eigenvalue weighted by Gasteiger charge is -2.09. The van der Waals surface area contributed by atoms with Crippen LogP contribution < -0.4 is 0 Å². The van der Waals surface area contributed by atoms with Crippen molar-refractivity contribution in [2.24, 2.45) is 0 Å². The molecule has 0 bridgehead atoms. The van der Waals surface area contributed by atoms with E-state index in [1.807, 2.05) is 13.8 Å². The van der Waals surface area contributed by atoms with E-state index in [0.717, 1.165) is 11.1 Å². The van der Waals surface area contributed by atoms with Crippen LogP contribution in [-0.2, 0) is 41.8 Å². The lowest BCUT2D eigenvalue weighted by atomic mass is 10.2. The van der Waals surface area contributed by atoms with Crippen LogP contribution in [0.3, 0.4) is 0 Å². The fourth-order valence-corrected chi connectivity index (χ4v) is 4.87. The molecule has 3 rings (SSSR count). The summed E-state index contributed by atoms with van der Waals surface area (Å²) < 4.78 is 60.2. The standard InChI is InChI=1S/C21H20BrNO6S2/c1-15-3-7-20(8-4-15)30(24,25)28-13-18-11-17(22)12-19(23-18)14-29-31(26,27)21-9-5-16(2)6-10-21/h3-12H,13-14H2,1-2H3. The highest BCUT2D eigenvalue weighted by molar-refractivity contribution is 9.10. The Labute approximate surface area is 190 Å². The van der Waals surface area contributed by atoms with Gasteiger partial charge >= 0.3 is 0 Å². The molecule has 0 aliphatic rings. The van der Waals surface area contributed by atoms with Gasteiger partial charge in [0.2, 0.25) is 0 Å². The van der Waals surface area contributed by atoms with Crippen LogP contribution in [0.1, 0.15) is 22.5 Å². The average molecular weight is 526 g/mol. The number of hydrogen-bond acceptors (Lipinski definition) is 7. The van der Waals surface area contributed by atoms with Crippen LogP contribution in [0.25, 0.3) is 0 Å². The van der Waals surface area contributed by atoms with Gasteiger partial charge in [-0.15, -0.1) is 0 Å². The predicted molar refractivity (Wildman–Crippen MR) is 118 cm³/mol. The third kappa shape index (κ3) is 6.44. The summed E-state index contributed by atoms with van der Waals surface area (Å²) in [6, 6.07) is 15.8. The van der Waals surface area contributed by atoms with Gasteiger partial charge in [-0.2, -0.15) is 16.8 Å². The Hall–Kier alpha value is -2.11. The van der Waals surface area contributed by atoms with Gasteiger partial charge in [0.05, 0.1) is 21.2 Å². The minimum Gasteiger partial charge on any atom is -0.260 e. The number of hydrogen-bond donors (Lipinski definition) is 0. The van der Waals surface area contributed by atoms with E-state index >= 15 is 0 Å². The number of halogens is 1. The van der Waals surface area contributed by atoms with Crippen molar-refractivity contribution >= 4 is 36.2 Å². The van der Waals surface area contributed by atoms with Crippen molar-refractivity contribution in [1.82, 2.24) is 4.98 Å². The van der Waals surface area contributed by atoms with Crippen molar-refractivity contribution in [2.75, 3.05) is 0 Å². The minimum absolute atomic E-state index is 0.0424. The van der Waals surface area contributed by atoms with Crippen LogP contribution in [0.15, 0.2) is 74.9 Å². The van der Waals surface area contributed by atoms with Gasteiger partial charge in [0, 0.05) is 4.47 Å². The first-order valence-electron chi connectivity index (χ1n) is 9.13. The molecule has 2 aromatic carbocycles. The third-order valence-electron chi connectivity index (χ3n) is 4.24. The topological polar surface area (TPSA) is 99.6 Å². The Balaban J connectivity index is 1.70. The van der Waals surface area contributed by atoms with E-state index in [2.05, 4.69) is 20.9 Å². The second kappa shape index (κ2) is 9.58. The number of aryl methyl sites for hydroxylation is 2. The Morgan fingerprint density at radius 3 is 1.42 bits per heavy atom. The van der Waals surface area contributed by atoms with E-state index in [9.17, 15) is 16.8 Å². The normalized spacial score (nSPS) is 12.1. The van der Waals surface area contributed by atoms with Crippen molar-refractivity contribution in [3.05, 3.63) is 87.7 Å². The molecule has 0 saturated heterocycles. The van der Waals surface area contributed by atoms with Crippen LogP contribution >= 0.6 is 15.9 Å². The minimum atomic E-state index is -3.96. The van der Waals surface area contributed by atoms with E-state index in [1.165, 1.54) is 24.3 Å². The summed E-state index contributed by atoms with van der Waals surface area (Å²) in [6.45, 7) is 3.08. The first-order chi connectivity index (χ1) is 14.5. The van der Waals surface area contributed by atoms with E-state index in [4.69, 9.17) is 8.37 Å². The predicted octanol–water partition coefficient (Wildman–Crippen LogP) is 4.27. The summed E-state index contributed by atoms with van der Waals surface area (Å²) in [5, 5.41) is 0. The van der Waals surface area contributed by atoms with Crippen LogP contribution in [-0.4, -0.2) is 21.8 Å². The van der Waals surface area contributed by atoms with Gasteiger partial charge in [0.1, 0.15) is 13.2 Å². The molecular weight excluding hydrogens is 506 g/mol. The van der Waals surface area contributed by atoms with Crippen LogP contribution in [0.5, 0.6) is 0 Å². The molecule has 7 nitrogen and oxygen atoms in total. The maximum Gasteiger partial charge on any atom is 0.297 e. The number of rotatable bonds is 8. The number of benzene rings is 2. The summed E-state index contributed by atoms with van der Waals surface area (Å²) in [5.41, 5.74) is 2.46. The maximum atomic E-state index is 12.4. The zero-order valence-corrected chi connectivity index (χ0v) is 20.0. The Morgan fingerprint density at radius 2 is 1.06 bits per heavy atom. The van der Waals surface area contributed by atoms with Crippen LogP contribution in [0.2, 0.25) is 0 Å². The third-order valence-corrected chi connectivity index (χ3v) is 7.25. The van der Waals surface area contributed by atoms with Gasteiger partial charge in [-0.3, -0.25) is 13.4 Å². The summed E-state index contributed by atoms with van der Waals surface area (Å²) in [5.74, 6) is 0. The molecule has 164 valence electrons. The molecule has 0 atom stereocenters. The summed E-state index contributed by atoms with van der Waals surface area (Å²) in [4.78, 5) is 4.33. The molecule has 0 unspecified atom stereocenters. The average Bonchev–Trinajstić information content (AvgIpc) is 2.71. The molecule has 3 aromatic rings. The lowest BCUT2D eigenvalue weighted by Crippen LogP contribution is -2.10. The van der Waals surface area contributed by atoms with E-state index in [1.54, 1.807) is 36.4 Å². The number of aromatic nitrogens is 1. The fourth-order valence-electron chi connectivity index (χ4n) is 2.58. The second-order valence-electron chi connectivity index (χ2n) is 6.83. The van der Waals surface area contributed by atoms with Gasteiger partial charge in [-0.1, -0.05) is 51.3 Å². The molecule has 0 N–H and O–H groups in total. The molecule has 0 amide bonds. The summed E-state index contributed by atoms with van der Waals surface area (Å²) >= 11 is 3.31. The highest BCUT2D eigenvalue weighted by Crippen LogP contribution is 2.20. The highest BCUT2D eigenvalue weighted by Gasteiger charge is 2.18. The number of nitrogens with zero attached hydrogens (tertiary/aromatic N) is 1. The van der Waals surface area contributed by atoms with Crippen molar-refractivity contribution < 1.29 is 25.2 Å². The zero-order chi connectivity index (χ0) is 22.6. The molecular formula is C21H20BrNO6S2. The highest BCUT2D eigenvalue weighted by atomic mass is 79.9. The molecule has 0 aliphatic heterocycles. The molecule has 0 saturated carbocycles. The monoisotopic (exact) mass is 525 g/mol. The Kier molecular flexibility index (Phi) is 7.28. The summed E-state index contributed by atoms with van der Waals surface area (Å²) in [6.07, 6.45) is 0. The quantitative estimate of drug-likeness (QED) is 0.404. The molecule has 1 aromatic heterocycles. The van der Waals surface area contributed by atoms with Gasteiger partial charge in [0.25, 0.3) is 20.2 Å². The first-order valence-corrected chi connectivity index (χ1v) is 12.7. The molecule has 0 fully saturated rings. The largest absolute Gasteiger partial charge is 0.297 e. The van der Waals surface area contributed by atoms with Crippen LogP contribution in [0.4, 0.5) is 0 Å². The molecule has 0 radical (unpaired) electrons. The second-order valence-corrected chi connectivity index (χ2v) is 11.0. The van der Waals surface area contributed by atoms with Gasteiger partial charge < -0.3 is 0 Å². The number of pyridine rings is 1. The van der Waals surface area contributed by atoms with Crippen molar-refractivity contribution in [1.29, 1.82) is 0 Å². The van der Waals surface area contributed by atoms with Crippen molar-refractivity contribution in [2.45, 2.75) is 36.9 Å². The lowest BCUT2D eigenvalue weighted by molar-refractivity contribution is 0.294. The summed E-state index contributed by atoms with van der Waals surface area (Å²) in [7, 11) is -7.92. The van der Waals surface area contributed by atoms with E-state index in [-0.39, 0.29) is 23.0 Å². The molecule has 1 heterocycles. The molecule has 0 spiro atoms. The van der Waals surface area contributed by atoms with E-state index < -0.39 is 20.2 Å². The molecule has 31 heavy (non-hydrogen) atoms. The van der Waals surface area contributed by atoms with Gasteiger partial charge in [0.15, 0.2) is 0 Å². The first kappa shape index (κ1) is 23.6. The van der Waals surface area contributed by atoms with E-state index in [0.29, 0.717) is 15.9 Å². The molecule has 10 heteroatoms. The molecule has 0 aliphatic carbocycles. The van der Waals surface area contributed by atoms with Gasteiger partial charge in [-0.25, -0.2) is 0 Å². The SMILES string of the molecule is Cc1ccc(S(=O)(=O)OCc2cc(Br)cc(COS(=O)(=O)c3ccc(C)cc3)n2)cc1. The fraction of sp³-hybridized carbons (Fsp3) is 0.190. The Bertz CT molecular complexity index is 1170. The smallest absolute Gasteiger partial charge is 0.260 e. The van der Waals surface area contributed by atoms with Gasteiger partial charge in [-0.05, 0) is 50.2 Å². The van der Waals surface area contributed by atoms with Crippen molar-refractivity contribution in [3.8, 4) is 0 Å². The van der Waals surface area contributed by atoms with Crippen molar-refractivity contribution in [3.63, 3.8) is 0 Å².